The van der Waals surface area contributed by atoms with E-state index in [4.69, 9.17) is 4.74 Å². The zero-order valence-corrected chi connectivity index (χ0v) is 13.6. The maximum absolute atomic E-state index is 5.79. The average Bonchev–Trinajstić information content (AvgIpc) is 2.42. The van der Waals surface area contributed by atoms with Gasteiger partial charge in [0.05, 0.1) is 6.61 Å². The number of nitrogens with one attached hydrogen (secondary N) is 1. The fraction of sp³-hybridized carbons (Fsp3) is 1.00. The molecule has 0 atom stereocenters. The second-order valence-electron chi connectivity index (χ2n) is 6.76. The number of rotatable bonds is 9. The summed E-state index contributed by atoms with van der Waals surface area (Å²) >= 11 is 0. The molecule has 1 rings (SSSR count). The van der Waals surface area contributed by atoms with E-state index in [1.165, 1.54) is 44.9 Å². The highest BCUT2D eigenvalue weighted by Crippen LogP contribution is 2.40. The SMILES string of the molecule is CCCCC1CCC(CNC(C)C)(COCC)CC1. The zero-order valence-electron chi connectivity index (χ0n) is 13.6. The van der Waals surface area contributed by atoms with Gasteiger partial charge in [-0.05, 0) is 38.5 Å². The van der Waals surface area contributed by atoms with Gasteiger partial charge in [0.25, 0.3) is 0 Å². The average molecular weight is 269 g/mol. The van der Waals surface area contributed by atoms with E-state index >= 15 is 0 Å². The molecule has 114 valence electrons. The van der Waals surface area contributed by atoms with Crippen molar-refractivity contribution in [3.8, 4) is 0 Å². The van der Waals surface area contributed by atoms with Gasteiger partial charge in [-0.2, -0.15) is 0 Å². The van der Waals surface area contributed by atoms with Crippen molar-refractivity contribution in [2.45, 2.75) is 78.7 Å². The molecule has 0 aliphatic heterocycles. The van der Waals surface area contributed by atoms with Crippen LogP contribution in [0.4, 0.5) is 0 Å². The smallest absolute Gasteiger partial charge is 0.0534 e. The number of hydrogen-bond donors (Lipinski definition) is 1. The molecule has 0 aromatic carbocycles. The predicted octanol–water partition coefficient (Wildman–Crippen LogP) is 4.39. The summed E-state index contributed by atoms with van der Waals surface area (Å²) in [6, 6.07) is 0.580. The van der Waals surface area contributed by atoms with Gasteiger partial charge in [0.15, 0.2) is 0 Å². The summed E-state index contributed by atoms with van der Waals surface area (Å²) in [6.45, 7) is 11.8. The second-order valence-corrected chi connectivity index (χ2v) is 6.76. The molecule has 0 heterocycles. The van der Waals surface area contributed by atoms with Gasteiger partial charge in [-0.25, -0.2) is 0 Å². The minimum Gasteiger partial charge on any atom is -0.381 e. The van der Waals surface area contributed by atoms with Crippen LogP contribution in [0, 0.1) is 11.3 Å². The molecule has 0 saturated heterocycles. The maximum Gasteiger partial charge on any atom is 0.0534 e. The standard InChI is InChI=1S/C17H35NO/c1-5-7-8-16-9-11-17(12-10-16,14-19-6-2)13-18-15(3)4/h15-16,18H,5-14H2,1-4H3. The summed E-state index contributed by atoms with van der Waals surface area (Å²) in [6.07, 6.45) is 9.71. The zero-order chi connectivity index (χ0) is 14.1. The largest absolute Gasteiger partial charge is 0.381 e. The molecule has 0 aromatic heterocycles. The minimum atomic E-state index is 0.406. The van der Waals surface area contributed by atoms with E-state index in [9.17, 15) is 0 Å². The van der Waals surface area contributed by atoms with Gasteiger partial charge >= 0.3 is 0 Å². The lowest BCUT2D eigenvalue weighted by Gasteiger charge is -2.41. The van der Waals surface area contributed by atoms with Gasteiger partial charge in [0.2, 0.25) is 0 Å². The van der Waals surface area contributed by atoms with Crippen LogP contribution in [0.3, 0.4) is 0 Å². The van der Waals surface area contributed by atoms with Crippen molar-refractivity contribution in [1.29, 1.82) is 0 Å². The molecule has 2 nitrogen and oxygen atoms in total. The van der Waals surface area contributed by atoms with Crippen molar-refractivity contribution in [1.82, 2.24) is 5.32 Å². The van der Waals surface area contributed by atoms with E-state index < -0.39 is 0 Å². The van der Waals surface area contributed by atoms with E-state index in [-0.39, 0.29) is 0 Å². The molecule has 0 bridgehead atoms. The van der Waals surface area contributed by atoms with Crippen molar-refractivity contribution in [3.05, 3.63) is 0 Å². The van der Waals surface area contributed by atoms with Gasteiger partial charge in [0, 0.05) is 24.6 Å². The molecule has 19 heavy (non-hydrogen) atoms. The van der Waals surface area contributed by atoms with Crippen LogP contribution in [0.2, 0.25) is 0 Å². The first-order chi connectivity index (χ1) is 9.12. The highest BCUT2D eigenvalue weighted by molar-refractivity contribution is 4.88. The van der Waals surface area contributed by atoms with Crippen LogP contribution in [0.5, 0.6) is 0 Å². The quantitative estimate of drug-likeness (QED) is 0.670. The molecule has 1 fully saturated rings. The van der Waals surface area contributed by atoms with Crippen LogP contribution in [0.25, 0.3) is 0 Å². The van der Waals surface area contributed by atoms with E-state index in [1.807, 2.05) is 0 Å². The molecule has 1 aliphatic rings. The molecule has 0 aromatic rings. The minimum absolute atomic E-state index is 0.406. The molecule has 1 N–H and O–H groups in total. The molecular formula is C17H35NO. The summed E-state index contributed by atoms with van der Waals surface area (Å²) in [5.74, 6) is 0.980. The van der Waals surface area contributed by atoms with E-state index in [2.05, 4.69) is 33.0 Å². The lowest BCUT2D eigenvalue weighted by Crippen LogP contribution is -2.43. The van der Waals surface area contributed by atoms with Crippen molar-refractivity contribution >= 4 is 0 Å². The summed E-state index contributed by atoms with van der Waals surface area (Å²) < 4.78 is 5.79. The Morgan fingerprint density at radius 3 is 2.42 bits per heavy atom. The Bertz CT molecular complexity index is 219. The Balaban J connectivity index is 2.43. The Kier molecular flexibility index (Phi) is 8.01. The van der Waals surface area contributed by atoms with Gasteiger partial charge in [0.1, 0.15) is 0 Å². The highest BCUT2D eigenvalue weighted by Gasteiger charge is 2.35. The first kappa shape index (κ1) is 17.0. The molecule has 0 unspecified atom stereocenters. The van der Waals surface area contributed by atoms with Gasteiger partial charge in [-0.1, -0.05) is 40.0 Å². The van der Waals surface area contributed by atoms with Crippen LogP contribution in [-0.4, -0.2) is 25.8 Å². The van der Waals surface area contributed by atoms with Crippen molar-refractivity contribution in [2.24, 2.45) is 11.3 Å². The van der Waals surface area contributed by atoms with Crippen LogP contribution in [0.15, 0.2) is 0 Å². The number of unbranched alkanes of at least 4 members (excludes halogenated alkanes) is 1. The van der Waals surface area contributed by atoms with Crippen LogP contribution >= 0.6 is 0 Å². The normalized spacial score (nSPS) is 27.9. The molecule has 2 heteroatoms. The van der Waals surface area contributed by atoms with E-state index in [0.29, 0.717) is 11.5 Å². The lowest BCUT2D eigenvalue weighted by molar-refractivity contribution is 0.0135. The lowest BCUT2D eigenvalue weighted by atomic mass is 9.69. The molecule has 0 radical (unpaired) electrons. The first-order valence-electron chi connectivity index (χ1n) is 8.43. The fourth-order valence-corrected chi connectivity index (χ4v) is 3.18. The van der Waals surface area contributed by atoms with Gasteiger partial charge in [-0.3, -0.25) is 0 Å². The highest BCUT2D eigenvalue weighted by atomic mass is 16.5. The van der Waals surface area contributed by atoms with Crippen molar-refractivity contribution in [2.75, 3.05) is 19.8 Å². The van der Waals surface area contributed by atoms with Gasteiger partial charge in [-0.15, -0.1) is 0 Å². The van der Waals surface area contributed by atoms with Gasteiger partial charge < -0.3 is 10.1 Å². The van der Waals surface area contributed by atoms with Crippen LogP contribution in [-0.2, 0) is 4.74 Å². The second kappa shape index (κ2) is 8.97. The van der Waals surface area contributed by atoms with E-state index in [1.54, 1.807) is 0 Å². The summed E-state index contributed by atoms with van der Waals surface area (Å²) in [4.78, 5) is 0. The summed E-state index contributed by atoms with van der Waals surface area (Å²) in [7, 11) is 0. The van der Waals surface area contributed by atoms with Crippen LogP contribution in [0.1, 0.15) is 72.6 Å². The number of ether oxygens (including phenoxy) is 1. The summed E-state index contributed by atoms with van der Waals surface area (Å²) in [5, 5.41) is 3.64. The fourth-order valence-electron chi connectivity index (χ4n) is 3.18. The third-order valence-corrected chi connectivity index (χ3v) is 4.63. The monoisotopic (exact) mass is 269 g/mol. The van der Waals surface area contributed by atoms with E-state index in [0.717, 1.165) is 25.7 Å². The molecule has 1 saturated carbocycles. The molecule has 0 amide bonds. The maximum atomic E-state index is 5.79. The Morgan fingerprint density at radius 1 is 1.21 bits per heavy atom. The Morgan fingerprint density at radius 2 is 1.89 bits per heavy atom. The molecular weight excluding hydrogens is 234 g/mol. The molecule has 1 aliphatic carbocycles. The Labute approximate surface area is 120 Å². The first-order valence-corrected chi connectivity index (χ1v) is 8.43. The van der Waals surface area contributed by atoms with Crippen LogP contribution < -0.4 is 5.32 Å². The predicted molar refractivity (Wildman–Crippen MR) is 83.5 cm³/mol. The van der Waals surface area contributed by atoms with Crippen molar-refractivity contribution < 1.29 is 4.74 Å². The third kappa shape index (κ3) is 6.27. The topological polar surface area (TPSA) is 21.3 Å². The number of hydrogen-bond acceptors (Lipinski definition) is 2. The summed E-state index contributed by atoms with van der Waals surface area (Å²) in [5.41, 5.74) is 0.406. The van der Waals surface area contributed by atoms with Crippen molar-refractivity contribution in [3.63, 3.8) is 0 Å². The third-order valence-electron chi connectivity index (χ3n) is 4.63. The Hall–Kier alpha value is -0.0800. The molecule has 0 spiro atoms.